The molecule has 0 saturated heterocycles. The van der Waals surface area contributed by atoms with Gasteiger partial charge < -0.3 is 9.47 Å². The molecule has 2 rings (SSSR count). The molecule has 0 spiro atoms. The lowest BCUT2D eigenvalue weighted by atomic mass is 10.0. The summed E-state index contributed by atoms with van der Waals surface area (Å²) in [6.07, 6.45) is 0.437. The first kappa shape index (κ1) is 21.1. The van der Waals surface area contributed by atoms with E-state index in [4.69, 9.17) is 9.47 Å². The molecule has 0 atom stereocenters. The normalized spacial score (nSPS) is 9.54. The highest BCUT2D eigenvalue weighted by molar-refractivity contribution is 6.43. The van der Waals surface area contributed by atoms with Crippen molar-refractivity contribution in [1.29, 1.82) is 0 Å². The number of aryl methyl sites for hydroxylation is 1. The first-order valence-electron chi connectivity index (χ1n) is 8.28. The highest BCUT2D eigenvalue weighted by Gasteiger charge is 2.14. The second-order valence-electron chi connectivity index (χ2n) is 5.57. The topological polar surface area (TPSA) is 69.7 Å². The number of esters is 1. The molecule has 138 valence electrons. The number of ketones is 2. The lowest BCUT2D eigenvalue weighted by Gasteiger charge is -2.05. The van der Waals surface area contributed by atoms with Crippen LogP contribution in [0.3, 0.4) is 0 Å². The van der Waals surface area contributed by atoms with E-state index >= 15 is 0 Å². The summed E-state index contributed by atoms with van der Waals surface area (Å²) in [6.45, 7) is 5.22. The molecular weight excluding hydrogens is 332 g/mol. The van der Waals surface area contributed by atoms with Gasteiger partial charge in [-0.15, -0.1) is 0 Å². The zero-order valence-corrected chi connectivity index (χ0v) is 15.6. The Morgan fingerprint density at radius 2 is 1.65 bits per heavy atom. The molecule has 0 N–H and O–H groups in total. The molecule has 0 aliphatic rings. The molecule has 0 radical (unpaired) electrons. The summed E-state index contributed by atoms with van der Waals surface area (Å²) < 4.78 is 9.91. The second-order valence-corrected chi connectivity index (χ2v) is 5.57. The molecule has 5 nitrogen and oxygen atoms in total. The summed E-state index contributed by atoms with van der Waals surface area (Å²) in [7, 11) is 1.52. The number of methoxy groups -OCH3 is 1. The molecule has 5 heteroatoms. The standard InChI is InChI=1S/C11H12O3.C10H12O2/c1-7-4-5-9(14-3)6-10(7)11(13)8(2)12;1-2-10(11)12-8-9-6-4-3-5-7-9/h4-6H,1-3H3;3-7H,2,8H2,1H3. The minimum atomic E-state index is -0.471. The van der Waals surface area contributed by atoms with Gasteiger partial charge in [-0.2, -0.15) is 0 Å². The molecule has 0 heterocycles. The molecule has 0 aliphatic heterocycles. The van der Waals surface area contributed by atoms with Crippen LogP contribution in [0.5, 0.6) is 5.75 Å². The lowest BCUT2D eigenvalue weighted by Crippen LogP contribution is -2.11. The van der Waals surface area contributed by atoms with Crippen molar-refractivity contribution < 1.29 is 23.9 Å². The van der Waals surface area contributed by atoms with Gasteiger partial charge >= 0.3 is 5.97 Å². The predicted octanol–water partition coefficient (Wildman–Crippen LogP) is 3.92. The van der Waals surface area contributed by atoms with Crippen molar-refractivity contribution in [2.75, 3.05) is 7.11 Å². The summed E-state index contributed by atoms with van der Waals surface area (Å²) >= 11 is 0. The van der Waals surface area contributed by atoms with Crippen LogP contribution >= 0.6 is 0 Å². The molecule has 0 amide bonds. The third kappa shape index (κ3) is 6.89. The van der Waals surface area contributed by atoms with E-state index in [1.54, 1.807) is 32.0 Å². The fourth-order valence-corrected chi connectivity index (χ4v) is 2.00. The van der Waals surface area contributed by atoms with Gasteiger partial charge in [-0.05, 0) is 30.2 Å². The fraction of sp³-hybridized carbons (Fsp3) is 0.286. The summed E-state index contributed by atoms with van der Waals surface area (Å²) in [5, 5.41) is 0. The Balaban J connectivity index is 0.000000263. The minimum Gasteiger partial charge on any atom is -0.497 e. The van der Waals surface area contributed by atoms with Gasteiger partial charge in [-0.3, -0.25) is 14.4 Å². The van der Waals surface area contributed by atoms with E-state index in [0.29, 0.717) is 24.3 Å². The zero-order valence-electron chi connectivity index (χ0n) is 15.6. The maximum atomic E-state index is 11.4. The molecule has 0 bridgehead atoms. The van der Waals surface area contributed by atoms with Crippen molar-refractivity contribution in [3.05, 3.63) is 65.2 Å². The van der Waals surface area contributed by atoms with Crippen molar-refractivity contribution in [3.8, 4) is 5.75 Å². The van der Waals surface area contributed by atoms with Gasteiger partial charge in [0.05, 0.1) is 7.11 Å². The maximum absolute atomic E-state index is 11.4. The summed E-state index contributed by atoms with van der Waals surface area (Å²) in [6, 6.07) is 14.8. The highest BCUT2D eigenvalue weighted by Crippen LogP contribution is 2.17. The predicted molar refractivity (Wildman–Crippen MR) is 99.3 cm³/mol. The average molecular weight is 356 g/mol. The number of carbonyl (C=O) groups is 3. The van der Waals surface area contributed by atoms with E-state index in [1.807, 2.05) is 30.3 Å². The molecule has 0 fully saturated rings. The molecule has 0 unspecified atom stereocenters. The smallest absolute Gasteiger partial charge is 0.305 e. The summed E-state index contributed by atoms with van der Waals surface area (Å²) in [5.41, 5.74) is 2.22. The van der Waals surface area contributed by atoms with Crippen LogP contribution in [0.4, 0.5) is 0 Å². The first-order chi connectivity index (χ1) is 12.4. The van der Waals surface area contributed by atoms with Gasteiger partial charge in [0, 0.05) is 18.9 Å². The molecule has 0 aromatic heterocycles. The Morgan fingerprint density at radius 3 is 2.19 bits per heavy atom. The van der Waals surface area contributed by atoms with Crippen LogP contribution in [-0.2, 0) is 20.9 Å². The molecule has 26 heavy (non-hydrogen) atoms. The van der Waals surface area contributed by atoms with Crippen LogP contribution < -0.4 is 4.74 Å². The molecule has 0 saturated carbocycles. The number of ether oxygens (including phenoxy) is 2. The van der Waals surface area contributed by atoms with Crippen molar-refractivity contribution >= 4 is 17.5 Å². The van der Waals surface area contributed by atoms with Gasteiger partial charge in [-0.25, -0.2) is 0 Å². The van der Waals surface area contributed by atoms with Crippen molar-refractivity contribution in [3.63, 3.8) is 0 Å². The fourth-order valence-electron chi connectivity index (χ4n) is 2.00. The zero-order chi connectivity index (χ0) is 19.5. The Morgan fingerprint density at radius 1 is 1.00 bits per heavy atom. The quantitative estimate of drug-likeness (QED) is 0.446. The molecule has 2 aromatic rings. The number of hydrogen-bond donors (Lipinski definition) is 0. The summed E-state index contributed by atoms with van der Waals surface area (Å²) in [4.78, 5) is 33.1. The van der Waals surface area contributed by atoms with E-state index in [1.165, 1.54) is 14.0 Å². The van der Waals surface area contributed by atoms with Crippen LogP contribution in [0.15, 0.2) is 48.5 Å². The van der Waals surface area contributed by atoms with Crippen LogP contribution in [-0.4, -0.2) is 24.6 Å². The van der Waals surface area contributed by atoms with Gasteiger partial charge in [0.15, 0.2) is 5.78 Å². The number of Topliss-reactive ketones (excluding diaryl/α,β-unsaturated/α-hetero) is 2. The molecule has 0 aliphatic carbocycles. The SMILES string of the molecule is CCC(=O)OCc1ccccc1.COc1ccc(C)c(C(=O)C(C)=O)c1. The van der Waals surface area contributed by atoms with Gasteiger partial charge in [0.1, 0.15) is 12.4 Å². The largest absolute Gasteiger partial charge is 0.497 e. The number of carbonyl (C=O) groups excluding carboxylic acids is 3. The molecule has 2 aromatic carbocycles. The Bertz CT molecular complexity index is 750. The third-order valence-electron chi connectivity index (χ3n) is 3.54. The summed E-state index contributed by atoms with van der Waals surface area (Å²) in [5.74, 6) is -0.498. The van der Waals surface area contributed by atoms with Crippen LogP contribution in [0.2, 0.25) is 0 Å². The highest BCUT2D eigenvalue weighted by atomic mass is 16.5. The Labute approximate surface area is 153 Å². The van der Waals surface area contributed by atoms with E-state index in [2.05, 4.69) is 0 Å². The Hall–Kier alpha value is -2.95. The van der Waals surface area contributed by atoms with Crippen LogP contribution in [0, 0.1) is 6.92 Å². The van der Waals surface area contributed by atoms with E-state index in [0.717, 1.165) is 11.1 Å². The van der Waals surface area contributed by atoms with E-state index in [-0.39, 0.29) is 5.97 Å². The van der Waals surface area contributed by atoms with Crippen molar-refractivity contribution in [2.45, 2.75) is 33.8 Å². The van der Waals surface area contributed by atoms with E-state index < -0.39 is 11.6 Å². The van der Waals surface area contributed by atoms with E-state index in [9.17, 15) is 14.4 Å². The van der Waals surface area contributed by atoms with Gasteiger partial charge in [0.25, 0.3) is 0 Å². The third-order valence-corrected chi connectivity index (χ3v) is 3.54. The van der Waals surface area contributed by atoms with Gasteiger partial charge in [0.2, 0.25) is 5.78 Å². The van der Waals surface area contributed by atoms with Crippen molar-refractivity contribution in [2.24, 2.45) is 0 Å². The minimum absolute atomic E-state index is 0.154. The number of rotatable bonds is 6. The first-order valence-corrected chi connectivity index (χ1v) is 8.28. The lowest BCUT2D eigenvalue weighted by molar-refractivity contribution is -0.144. The monoisotopic (exact) mass is 356 g/mol. The second kappa shape index (κ2) is 10.8. The van der Waals surface area contributed by atoms with Crippen LogP contribution in [0.25, 0.3) is 0 Å². The van der Waals surface area contributed by atoms with Crippen LogP contribution in [0.1, 0.15) is 41.8 Å². The van der Waals surface area contributed by atoms with Gasteiger partial charge in [-0.1, -0.05) is 43.3 Å². The number of hydrogen-bond acceptors (Lipinski definition) is 5. The average Bonchev–Trinajstić information content (AvgIpc) is 2.67. The van der Waals surface area contributed by atoms with Crippen molar-refractivity contribution in [1.82, 2.24) is 0 Å². The molecular formula is C21H24O5. The Kier molecular flexibility index (Phi) is 8.78. The maximum Gasteiger partial charge on any atom is 0.305 e. The number of benzene rings is 2.